The number of hydrogen-bond acceptors (Lipinski definition) is 6. The molecule has 0 aliphatic rings. The van der Waals surface area contributed by atoms with Crippen LogP contribution < -0.4 is 21.3 Å². The quantitative estimate of drug-likeness (QED) is 0.555. The Balaban J connectivity index is 1.86. The van der Waals surface area contributed by atoms with Gasteiger partial charge in [0.25, 0.3) is 5.56 Å². The summed E-state index contributed by atoms with van der Waals surface area (Å²) in [6.07, 6.45) is -0.881. The predicted molar refractivity (Wildman–Crippen MR) is 107 cm³/mol. The average molecular weight is 387 g/mol. The molecule has 0 radical (unpaired) electrons. The smallest absolute Gasteiger partial charge is 0.329 e. The van der Waals surface area contributed by atoms with Crippen LogP contribution in [0.25, 0.3) is 11.2 Å². The van der Waals surface area contributed by atoms with Crippen LogP contribution in [0.2, 0.25) is 0 Å². The van der Waals surface area contributed by atoms with Gasteiger partial charge >= 0.3 is 5.69 Å². The van der Waals surface area contributed by atoms with E-state index in [2.05, 4.69) is 15.3 Å². The number of aliphatic hydroxyl groups excluding tert-OH is 1. The number of rotatable bonds is 7. The second-order valence-electron chi connectivity index (χ2n) is 6.78. The molecule has 1 aromatic carbocycles. The minimum atomic E-state index is -0.881. The molecule has 150 valence electrons. The molecule has 9 heteroatoms. The van der Waals surface area contributed by atoms with E-state index < -0.39 is 17.4 Å². The van der Waals surface area contributed by atoms with Crippen LogP contribution in [0.15, 0.2) is 27.8 Å². The summed E-state index contributed by atoms with van der Waals surface area (Å²) in [6, 6.07) is 5.73. The van der Waals surface area contributed by atoms with Gasteiger partial charge in [-0.1, -0.05) is 6.07 Å². The molecule has 0 aliphatic heterocycles. The number of hydrogen-bond donors (Lipinski definition) is 3. The van der Waals surface area contributed by atoms with Crippen LogP contribution in [-0.4, -0.2) is 43.5 Å². The molecule has 0 aliphatic carbocycles. The summed E-state index contributed by atoms with van der Waals surface area (Å²) in [6.45, 7) is 6.62. The van der Waals surface area contributed by atoms with Gasteiger partial charge in [-0.05, 0) is 44.0 Å². The van der Waals surface area contributed by atoms with Gasteiger partial charge in [0.2, 0.25) is 5.95 Å². The van der Waals surface area contributed by atoms with E-state index in [1.165, 1.54) is 11.6 Å². The zero-order valence-corrected chi connectivity index (χ0v) is 16.4. The molecule has 1 atom stereocenters. The minimum Gasteiger partial charge on any atom is -0.491 e. The van der Waals surface area contributed by atoms with Crippen LogP contribution >= 0.6 is 0 Å². The topological polar surface area (TPSA) is 114 Å². The number of anilines is 1. The molecule has 3 rings (SSSR count). The Labute approximate surface area is 161 Å². The lowest BCUT2D eigenvalue weighted by molar-refractivity contribution is 0.0938. The van der Waals surface area contributed by atoms with Crippen molar-refractivity contribution in [2.24, 2.45) is 7.05 Å². The van der Waals surface area contributed by atoms with Crippen molar-refractivity contribution in [3.8, 4) is 5.75 Å². The van der Waals surface area contributed by atoms with Crippen molar-refractivity contribution >= 4 is 17.1 Å². The highest BCUT2D eigenvalue weighted by Gasteiger charge is 2.19. The first-order chi connectivity index (χ1) is 13.3. The molecule has 0 saturated carbocycles. The molecule has 28 heavy (non-hydrogen) atoms. The Kier molecular flexibility index (Phi) is 5.55. The molecule has 0 saturated heterocycles. The first-order valence-electron chi connectivity index (χ1n) is 9.13. The van der Waals surface area contributed by atoms with Gasteiger partial charge in [0.15, 0.2) is 11.2 Å². The Hall–Kier alpha value is -3.07. The summed E-state index contributed by atoms with van der Waals surface area (Å²) in [5.41, 5.74) is 1.67. The number of fused-ring (bicyclic) bond motifs is 1. The Morgan fingerprint density at radius 3 is 2.71 bits per heavy atom. The van der Waals surface area contributed by atoms with Gasteiger partial charge in [0, 0.05) is 13.6 Å². The van der Waals surface area contributed by atoms with Gasteiger partial charge in [-0.3, -0.25) is 14.3 Å². The van der Waals surface area contributed by atoms with E-state index in [1.54, 1.807) is 4.57 Å². The first kappa shape index (κ1) is 19.7. The molecule has 0 fully saturated rings. The van der Waals surface area contributed by atoms with Crippen molar-refractivity contribution < 1.29 is 9.84 Å². The molecule has 2 heterocycles. The van der Waals surface area contributed by atoms with E-state index in [1.807, 2.05) is 39.0 Å². The maximum atomic E-state index is 12.4. The second-order valence-corrected chi connectivity index (χ2v) is 6.78. The lowest BCUT2D eigenvalue weighted by Gasteiger charge is -2.16. The maximum absolute atomic E-state index is 12.4. The molecule has 3 aromatic rings. The largest absolute Gasteiger partial charge is 0.491 e. The Morgan fingerprint density at radius 2 is 2.04 bits per heavy atom. The molecule has 0 spiro atoms. The van der Waals surface area contributed by atoms with Gasteiger partial charge in [-0.15, -0.1) is 0 Å². The number of nitrogens with one attached hydrogen (secondary N) is 2. The number of aromatic amines is 1. The molecule has 0 bridgehead atoms. The fourth-order valence-corrected chi connectivity index (χ4v) is 2.96. The van der Waals surface area contributed by atoms with E-state index in [4.69, 9.17) is 4.74 Å². The monoisotopic (exact) mass is 387 g/mol. The SMILES string of the molecule is CCNc1nc2c(c(=O)[nH]c(=O)n2C)n1CC(O)COc1ccc(C)c(C)c1. The van der Waals surface area contributed by atoms with Crippen LogP contribution in [0.1, 0.15) is 18.1 Å². The number of aliphatic hydroxyl groups is 1. The predicted octanol–water partition coefficient (Wildman–Crippen LogP) is 0.912. The van der Waals surface area contributed by atoms with Gasteiger partial charge in [0.05, 0.1) is 6.54 Å². The lowest BCUT2D eigenvalue weighted by atomic mass is 10.1. The van der Waals surface area contributed by atoms with Gasteiger partial charge in [-0.2, -0.15) is 4.98 Å². The number of H-pyrrole nitrogens is 1. The highest BCUT2D eigenvalue weighted by molar-refractivity contribution is 5.74. The summed E-state index contributed by atoms with van der Waals surface area (Å²) < 4.78 is 8.54. The fraction of sp³-hybridized carbons (Fsp3) is 0.421. The maximum Gasteiger partial charge on any atom is 0.329 e. The Bertz CT molecular complexity index is 1110. The molecule has 0 amide bonds. The highest BCUT2D eigenvalue weighted by Crippen LogP contribution is 2.18. The molecule has 9 nitrogen and oxygen atoms in total. The summed E-state index contributed by atoms with van der Waals surface area (Å²) in [5.74, 6) is 1.08. The molecule has 2 aromatic heterocycles. The van der Waals surface area contributed by atoms with Gasteiger partial charge in [-0.25, -0.2) is 4.79 Å². The van der Waals surface area contributed by atoms with Crippen LogP contribution in [0, 0.1) is 13.8 Å². The third-order valence-electron chi connectivity index (χ3n) is 4.66. The van der Waals surface area contributed by atoms with Crippen molar-refractivity contribution in [1.29, 1.82) is 0 Å². The third kappa shape index (κ3) is 3.79. The molecule has 3 N–H and O–H groups in total. The zero-order valence-electron chi connectivity index (χ0n) is 16.4. The third-order valence-corrected chi connectivity index (χ3v) is 4.66. The standard InChI is InChI=1S/C19H25N5O4/c1-5-20-18-21-16-15(17(26)22-19(27)23(16)4)24(18)9-13(25)10-28-14-7-6-11(2)12(3)8-14/h6-8,13,25H,5,9-10H2,1-4H3,(H,20,21)(H,22,26,27). The lowest BCUT2D eigenvalue weighted by Crippen LogP contribution is -2.31. The summed E-state index contributed by atoms with van der Waals surface area (Å²) in [7, 11) is 1.53. The van der Waals surface area contributed by atoms with Crippen molar-refractivity contribution in [3.63, 3.8) is 0 Å². The Morgan fingerprint density at radius 1 is 1.29 bits per heavy atom. The number of aryl methyl sites for hydroxylation is 3. The second kappa shape index (κ2) is 7.89. The van der Waals surface area contributed by atoms with Crippen LogP contribution in [0.4, 0.5) is 5.95 Å². The molecular formula is C19H25N5O4. The number of nitrogens with zero attached hydrogens (tertiary/aromatic N) is 3. The summed E-state index contributed by atoms with van der Waals surface area (Å²) >= 11 is 0. The van der Waals surface area contributed by atoms with E-state index >= 15 is 0 Å². The van der Waals surface area contributed by atoms with E-state index in [9.17, 15) is 14.7 Å². The highest BCUT2D eigenvalue weighted by atomic mass is 16.5. The van der Waals surface area contributed by atoms with Crippen LogP contribution in [0.5, 0.6) is 5.75 Å². The molecule has 1 unspecified atom stereocenters. The molecular weight excluding hydrogens is 362 g/mol. The zero-order chi connectivity index (χ0) is 20.4. The van der Waals surface area contributed by atoms with Crippen molar-refractivity contribution in [3.05, 3.63) is 50.2 Å². The summed E-state index contributed by atoms with van der Waals surface area (Å²) in [5, 5.41) is 13.6. The van der Waals surface area contributed by atoms with Crippen LogP contribution in [0.3, 0.4) is 0 Å². The number of ether oxygens (including phenoxy) is 1. The number of imidazole rings is 1. The number of aromatic nitrogens is 4. The van der Waals surface area contributed by atoms with Crippen molar-refractivity contribution in [2.75, 3.05) is 18.5 Å². The summed E-state index contributed by atoms with van der Waals surface area (Å²) in [4.78, 5) is 30.8. The van der Waals surface area contributed by atoms with E-state index in [0.29, 0.717) is 18.2 Å². The van der Waals surface area contributed by atoms with Crippen molar-refractivity contribution in [2.45, 2.75) is 33.4 Å². The van der Waals surface area contributed by atoms with E-state index in [0.717, 1.165) is 11.1 Å². The minimum absolute atomic E-state index is 0.0530. The van der Waals surface area contributed by atoms with Crippen LogP contribution in [-0.2, 0) is 13.6 Å². The number of benzene rings is 1. The van der Waals surface area contributed by atoms with Gasteiger partial charge < -0.3 is 19.7 Å². The fourth-order valence-electron chi connectivity index (χ4n) is 2.96. The normalized spacial score (nSPS) is 12.3. The average Bonchev–Trinajstić information content (AvgIpc) is 3.00. The van der Waals surface area contributed by atoms with E-state index in [-0.39, 0.29) is 24.3 Å². The van der Waals surface area contributed by atoms with Crippen molar-refractivity contribution in [1.82, 2.24) is 19.1 Å². The first-order valence-corrected chi connectivity index (χ1v) is 9.13. The van der Waals surface area contributed by atoms with Gasteiger partial charge in [0.1, 0.15) is 18.5 Å².